The fraction of sp³-hybridized carbons (Fsp3) is 0.364. The summed E-state index contributed by atoms with van der Waals surface area (Å²) in [5.74, 6) is 0.808. The van der Waals surface area contributed by atoms with Gasteiger partial charge in [0, 0.05) is 36.2 Å². The van der Waals surface area contributed by atoms with Crippen LogP contribution in [-0.4, -0.2) is 24.5 Å². The van der Waals surface area contributed by atoms with Crippen LogP contribution in [0.5, 0.6) is 11.5 Å². The van der Waals surface area contributed by atoms with Crippen LogP contribution in [0.15, 0.2) is 36.4 Å². The predicted octanol–water partition coefficient (Wildman–Crippen LogP) is 3.15. The molecule has 6 nitrogen and oxygen atoms in total. The monoisotopic (exact) mass is 380 g/mol. The molecule has 2 N–H and O–H groups in total. The van der Waals surface area contributed by atoms with Crippen LogP contribution in [0.25, 0.3) is 0 Å². The topological polar surface area (TPSA) is 76.7 Å². The molecule has 2 amide bonds. The number of para-hydroxylation sites is 1. The molecule has 0 radical (unpaired) electrons. The number of carbonyl (C=O) groups is 2. The third kappa shape index (κ3) is 3.54. The Morgan fingerprint density at radius 3 is 2.93 bits per heavy atom. The first-order valence-corrected chi connectivity index (χ1v) is 9.67. The molecule has 0 saturated heterocycles. The molecule has 0 spiro atoms. The number of ether oxygens (including phenoxy) is 2. The molecule has 0 fully saturated rings. The maximum Gasteiger partial charge on any atom is 0.228 e. The van der Waals surface area contributed by atoms with Gasteiger partial charge in [0.1, 0.15) is 17.6 Å². The Morgan fingerprint density at radius 2 is 2.11 bits per heavy atom. The Morgan fingerprint density at radius 1 is 1.29 bits per heavy atom. The molecule has 2 aliphatic rings. The molecule has 28 heavy (non-hydrogen) atoms. The van der Waals surface area contributed by atoms with Crippen LogP contribution in [0.3, 0.4) is 0 Å². The largest absolute Gasteiger partial charge is 0.494 e. The van der Waals surface area contributed by atoms with Gasteiger partial charge in [0.05, 0.1) is 12.5 Å². The molecule has 0 aromatic heterocycles. The third-order valence-electron chi connectivity index (χ3n) is 5.15. The van der Waals surface area contributed by atoms with Gasteiger partial charge in [-0.05, 0) is 37.6 Å². The number of hydrogen-bond donors (Lipinski definition) is 2. The van der Waals surface area contributed by atoms with E-state index in [-0.39, 0.29) is 24.3 Å². The number of amides is 2. The van der Waals surface area contributed by atoms with Gasteiger partial charge in [0.25, 0.3) is 0 Å². The van der Waals surface area contributed by atoms with Gasteiger partial charge in [0.2, 0.25) is 11.8 Å². The van der Waals surface area contributed by atoms with Gasteiger partial charge in [-0.15, -0.1) is 0 Å². The normalized spacial score (nSPS) is 19.9. The van der Waals surface area contributed by atoms with Crippen molar-refractivity contribution in [1.29, 1.82) is 0 Å². The van der Waals surface area contributed by atoms with Crippen molar-refractivity contribution in [3.63, 3.8) is 0 Å². The summed E-state index contributed by atoms with van der Waals surface area (Å²) in [6, 6.07) is 11.4. The van der Waals surface area contributed by atoms with Crippen LogP contribution in [-0.2, 0) is 22.6 Å². The minimum atomic E-state index is -0.494. The van der Waals surface area contributed by atoms with Crippen molar-refractivity contribution in [2.24, 2.45) is 0 Å². The zero-order valence-electron chi connectivity index (χ0n) is 16.1. The van der Waals surface area contributed by atoms with E-state index in [2.05, 4.69) is 10.6 Å². The van der Waals surface area contributed by atoms with Crippen molar-refractivity contribution in [3.8, 4) is 11.5 Å². The molecule has 2 unspecified atom stereocenters. The number of fused-ring (bicyclic) bond motifs is 2. The molecule has 4 rings (SSSR count). The van der Waals surface area contributed by atoms with E-state index in [1.54, 1.807) is 0 Å². The highest BCUT2D eigenvalue weighted by Gasteiger charge is 2.30. The standard InChI is InChI=1S/C22H24N2O4/c1-3-27-19-9-14-8-13(2)28-20(14)10-15(19)12-23-22(26)17-11-21(25)24-18-7-5-4-6-16(17)18/h4-7,9-10,13,17H,3,8,11-12H2,1-2H3,(H,23,26)(H,24,25). The van der Waals surface area contributed by atoms with Gasteiger partial charge in [-0.1, -0.05) is 18.2 Å². The number of benzene rings is 2. The second-order valence-corrected chi connectivity index (χ2v) is 7.24. The number of nitrogens with one attached hydrogen (secondary N) is 2. The molecule has 2 atom stereocenters. The molecule has 0 bridgehead atoms. The van der Waals surface area contributed by atoms with E-state index in [0.717, 1.165) is 34.6 Å². The zero-order valence-corrected chi connectivity index (χ0v) is 16.1. The van der Waals surface area contributed by atoms with Crippen molar-refractivity contribution >= 4 is 17.5 Å². The van der Waals surface area contributed by atoms with Crippen molar-refractivity contribution in [2.45, 2.75) is 45.3 Å². The molecular formula is C22H24N2O4. The highest BCUT2D eigenvalue weighted by atomic mass is 16.5. The van der Waals surface area contributed by atoms with Crippen LogP contribution in [0.4, 0.5) is 5.69 Å². The van der Waals surface area contributed by atoms with E-state index in [0.29, 0.717) is 18.8 Å². The maximum atomic E-state index is 12.9. The van der Waals surface area contributed by atoms with Gasteiger partial charge >= 0.3 is 0 Å². The van der Waals surface area contributed by atoms with Crippen LogP contribution in [0.1, 0.15) is 42.9 Å². The first-order valence-electron chi connectivity index (χ1n) is 9.67. The number of carbonyl (C=O) groups excluding carboxylic acids is 2. The van der Waals surface area contributed by atoms with Crippen LogP contribution >= 0.6 is 0 Å². The summed E-state index contributed by atoms with van der Waals surface area (Å²) in [4.78, 5) is 24.9. The van der Waals surface area contributed by atoms with Crippen molar-refractivity contribution in [2.75, 3.05) is 11.9 Å². The van der Waals surface area contributed by atoms with Crippen molar-refractivity contribution in [3.05, 3.63) is 53.1 Å². The van der Waals surface area contributed by atoms with E-state index < -0.39 is 5.92 Å². The highest BCUT2D eigenvalue weighted by molar-refractivity contribution is 6.01. The first-order chi connectivity index (χ1) is 13.5. The zero-order chi connectivity index (χ0) is 19.7. The fourth-order valence-corrected chi connectivity index (χ4v) is 3.86. The highest BCUT2D eigenvalue weighted by Crippen LogP contribution is 2.36. The predicted molar refractivity (Wildman–Crippen MR) is 106 cm³/mol. The second-order valence-electron chi connectivity index (χ2n) is 7.24. The van der Waals surface area contributed by atoms with Gasteiger partial charge in [-0.25, -0.2) is 0 Å². The van der Waals surface area contributed by atoms with Gasteiger partial charge < -0.3 is 20.1 Å². The summed E-state index contributed by atoms with van der Waals surface area (Å²) in [5.41, 5.74) is 3.55. The molecule has 6 heteroatoms. The lowest BCUT2D eigenvalue weighted by molar-refractivity contribution is -0.126. The lowest BCUT2D eigenvalue weighted by Crippen LogP contribution is -2.34. The number of hydrogen-bond acceptors (Lipinski definition) is 4. The van der Waals surface area contributed by atoms with E-state index in [4.69, 9.17) is 9.47 Å². The van der Waals surface area contributed by atoms with Crippen LogP contribution in [0.2, 0.25) is 0 Å². The summed E-state index contributed by atoms with van der Waals surface area (Å²) in [5, 5.41) is 5.80. The quantitative estimate of drug-likeness (QED) is 0.835. The Kier molecular flexibility index (Phi) is 4.94. The Bertz CT molecular complexity index is 925. The van der Waals surface area contributed by atoms with E-state index in [1.807, 2.05) is 50.2 Å². The molecule has 146 valence electrons. The summed E-state index contributed by atoms with van der Waals surface area (Å²) in [6.07, 6.45) is 1.15. The van der Waals surface area contributed by atoms with Gasteiger partial charge in [-0.3, -0.25) is 9.59 Å². The van der Waals surface area contributed by atoms with Crippen LogP contribution in [0, 0.1) is 0 Å². The number of anilines is 1. The fourth-order valence-electron chi connectivity index (χ4n) is 3.86. The Balaban J connectivity index is 1.53. The lowest BCUT2D eigenvalue weighted by atomic mass is 9.90. The molecule has 2 heterocycles. The molecule has 0 saturated carbocycles. The minimum absolute atomic E-state index is 0.145. The average Bonchev–Trinajstić information content (AvgIpc) is 3.04. The van der Waals surface area contributed by atoms with E-state index >= 15 is 0 Å². The Labute approximate surface area is 164 Å². The van der Waals surface area contributed by atoms with Crippen molar-refractivity contribution < 1.29 is 19.1 Å². The van der Waals surface area contributed by atoms with E-state index in [9.17, 15) is 9.59 Å². The summed E-state index contributed by atoms with van der Waals surface area (Å²) < 4.78 is 11.6. The molecule has 2 aliphatic heterocycles. The smallest absolute Gasteiger partial charge is 0.228 e. The first kappa shape index (κ1) is 18.3. The summed E-state index contributed by atoms with van der Waals surface area (Å²) >= 11 is 0. The maximum absolute atomic E-state index is 12.9. The number of rotatable bonds is 5. The van der Waals surface area contributed by atoms with E-state index in [1.165, 1.54) is 0 Å². The van der Waals surface area contributed by atoms with Crippen LogP contribution < -0.4 is 20.1 Å². The second kappa shape index (κ2) is 7.54. The molecule has 2 aromatic rings. The minimum Gasteiger partial charge on any atom is -0.494 e. The summed E-state index contributed by atoms with van der Waals surface area (Å²) in [6.45, 7) is 4.84. The third-order valence-corrected chi connectivity index (χ3v) is 5.15. The van der Waals surface area contributed by atoms with Gasteiger partial charge in [-0.2, -0.15) is 0 Å². The lowest BCUT2D eigenvalue weighted by Gasteiger charge is -2.25. The molecule has 2 aromatic carbocycles. The SMILES string of the molecule is CCOc1cc2c(cc1CNC(=O)C1CC(=O)Nc3ccccc31)OC(C)C2. The van der Waals surface area contributed by atoms with Crippen molar-refractivity contribution in [1.82, 2.24) is 5.32 Å². The average molecular weight is 380 g/mol. The summed E-state index contributed by atoms with van der Waals surface area (Å²) in [7, 11) is 0. The molecular weight excluding hydrogens is 356 g/mol. The van der Waals surface area contributed by atoms with Gasteiger partial charge in [0.15, 0.2) is 0 Å². The molecule has 0 aliphatic carbocycles. The Hall–Kier alpha value is -3.02.